The molecule has 0 saturated heterocycles. The molecule has 0 unspecified atom stereocenters. The van der Waals surface area contributed by atoms with Crippen molar-refractivity contribution < 1.29 is 40.3 Å². The van der Waals surface area contributed by atoms with Crippen molar-refractivity contribution in [3.8, 4) is 29.2 Å². The number of alkyl halides is 2. The number of carbonyl (C=O) groups excluding carboxylic acids is 1. The van der Waals surface area contributed by atoms with Gasteiger partial charge in [0.2, 0.25) is 0 Å². The Labute approximate surface area is 147 Å². The fraction of sp³-hybridized carbons (Fsp3) is 0.118. The van der Waals surface area contributed by atoms with Crippen LogP contribution in [0.15, 0.2) is 18.2 Å². The lowest BCUT2D eigenvalue weighted by molar-refractivity contribution is -0.192. The van der Waals surface area contributed by atoms with E-state index in [1.807, 2.05) is 5.92 Å². The number of terminal acetylenes is 1. The van der Waals surface area contributed by atoms with E-state index in [0.29, 0.717) is 17.0 Å². The normalized spacial score (nSPS) is 15.2. The first-order valence-corrected chi connectivity index (χ1v) is 7.07. The SMILES string of the molecule is C#CCN1C(=O)C(F)(F)Oc2cc(F)c(-c3c(F)c(F)cc(F)c3F)cc21. The average molecular weight is 389 g/mol. The molecule has 2 aromatic carbocycles. The highest BCUT2D eigenvalue weighted by Crippen LogP contribution is 2.43. The van der Waals surface area contributed by atoms with E-state index in [-0.39, 0.29) is 6.07 Å². The van der Waals surface area contributed by atoms with Crippen molar-refractivity contribution in [1.82, 2.24) is 0 Å². The zero-order valence-corrected chi connectivity index (χ0v) is 12.9. The van der Waals surface area contributed by atoms with Crippen molar-refractivity contribution in [2.75, 3.05) is 11.4 Å². The van der Waals surface area contributed by atoms with Gasteiger partial charge < -0.3 is 4.74 Å². The maximum Gasteiger partial charge on any atom is 0.483 e. The van der Waals surface area contributed by atoms with Crippen molar-refractivity contribution in [2.45, 2.75) is 6.11 Å². The first-order valence-electron chi connectivity index (χ1n) is 7.07. The zero-order valence-electron chi connectivity index (χ0n) is 12.9. The molecule has 2 aromatic rings. The van der Waals surface area contributed by atoms with Gasteiger partial charge in [-0.1, -0.05) is 5.92 Å². The quantitative estimate of drug-likeness (QED) is 0.442. The Kier molecular flexibility index (Phi) is 4.26. The summed E-state index contributed by atoms with van der Waals surface area (Å²) >= 11 is 0. The highest BCUT2D eigenvalue weighted by atomic mass is 19.3. The molecule has 0 radical (unpaired) electrons. The predicted octanol–water partition coefficient (Wildman–Crippen LogP) is 4.00. The second-order valence-electron chi connectivity index (χ2n) is 5.36. The van der Waals surface area contributed by atoms with Gasteiger partial charge in [0.05, 0.1) is 17.8 Å². The van der Waals surface area contributed by atoms with Crippen LogP contribution in [0.4, 0.5) is 36.4 Å². The number of hydrogen-bond donors (Lipinski definition) is 0. The first kappa shape index (κ1) is 18.6. The van der Waals surface area contributed by atoms with Gasteiger partial charge >= 0.3 is 12.0 Å². The van der Waals surface area contributed by atoms with Crippen LogP contribution in [-0.4, -0.2) is 18.6 Å². The molecule has 0 bridgehead atoms. The number of benzene rings is 2. The topological polar surface area (TPSA) is 29.5 Å². The number of rotatable bonds is 2. The van der Waals surface area contributed by atoms with E-state index in [1.54, 1.807) is 0 Å². The molecule has 10 heteroatoms. The zero-order chi connectivity index (χ0) is 20.1. The lowest BCUT2D eigenvalue weighted by Gasteiger charge is -2.32. The fourth-order valence-corrected chi connectivity index (χ4v) is 2.53. The number of nitrogens with zero attached hydrogens (tertiary/aromatic N) is 1. The van der Waals surface area contributed by atoms with Gasteiger partial charge in [0.1, 0.15) is 5.82 Å². The highest BCUT2D eigenvalue weighted by molar-refractivity contribution is 6.02. The summed E-state index contributed by atoms with van der Waals surface area (Å²) in [6, 6.07) is 0.758. The number of anilines is 1. The molecular weight excluding hydrogens is 383 g/mol. The van der Waals surface area contributed by atoms with Crippen LogP contribution in [0.1, 0.15) is 0 Å². The molecule has 1 aliphatic rings. The Bertz CT molecular complexity index is 987. The standard InChI is InChI=1S/C17H6F7NO2/c1-2-3-25-11-4-7(13-14(21)9(19)5-10(20)15(13)22)8(18)6-12(11)27-17(23,24)16(25)26/h1,4-6H,3H2. The summed E-state index contributed by atoms with van der Waals surface area (Å²) in [6.07, 6.45) is 0.650. The highest BCUT2D eigenvalue weighted by Gasteiger charge is 2.50. The van der Waals surface area contributed by atoms with Gasteiger partial charge in [0, 0.05) is 17.7 Å². The molecule has 0 aromatic heterocycles. The summed E-state index contributed by atoms with van der Waals surface area (Å²) in [4.78, 5) is 12.1. The van der Waals surface area contributed by atoms with Gasteiger partial charge in [0.15, 0.2) is 29.0 Å². The Morgan fingerprint density at radius 2 is 1.59 bits per heavy atom. The summed E-state index contributed by atoms with van der Waals surface area (Å²) in [5.41, 5.74) is -2.99. The number of fused-ring (bicyclic) bond motifs is 1. The Morgan fingerprint density at radius 1 is 1.00 bits per heavy atom. The third kappa shape index (κ3) is 2.85. The summed E-state index contributed by atoms with van der Waals surface area (Å²) in [6.45, 7) is -0.710. The van der Waals surface area contributed by atoms with Crippen LogP contribution in [0.25, 0.3) is 11.1 Å². The van der Waals surface area contributed by atoms with Crippen LogP contribution >= 0.6 is 0 Å². The second kappa shape index (κ2) is 6.19. The van der Waals surface area contributed by atoms with Crippen molar-refractivity contribution in [3.63, 3.8) is 0 Å². The molecule has 27 heavy (non-hydrogen) atoms. The lowest BCUT2D eigenvalue weighted by Crippen LogP contribution is -2.51. The number of hydrogen-bond acceptors (Lipinski definition) is 2. The van der Waals surface area contributed by atoms with E-state index in [4.69, 9.17) is 6.42 Å². The second-order valence-corrected chi connectivity index (χ2v) is 5.36. The van der Waals surface area contributed by atoms with Gasteiger partial charge in [-0.25, -0.2) is 22.0 Å². The van der Waals surface area contributed by atoms with Gasteiger partial charge in [-0.2, -0.15) is 8.78 Å². The van der Waals surface area contributed by atoms with E-state index in [1.165, 1.54) is 0 Å². The summed E-state index contributed by atoms with van der Waals surface area (Å²) < 4.78 is 100. The Morgan fingerprint density at radius 3 is 2.15 bits per heavy atom. The van der Waals surface area contributed by atoms with Gasteiger partial charge in [-0.05, 0) is 6.07 Å². The van der Waals surface area contributed by atoms with Crippen molar-refractivity contribution >= 4 is 11.6 Å². The molecule has 3 rings (SSSR count). The van der Waals surface area contributed by atoms with Gasteiger partial charge in [0.25, 0.3) is 0 Å². The van der Waals surface area contributed by atoms with Crippen LogP contribution in [-0.2, 0) is 4.79 Å². The molecule has 0 aliphatic carbocycles. The predicted molar refractivity (Wildman–Crippen MR) is 78.4 cm³/mol. The largest absolute Gasteiger partial charge is 0.483 e. The minimum atomic E-state index is -4.36. The van der Waals surface area contributed by atoms with Crippen LogP contribution in [0.5, 0.6) is 5.75 Å². The van der Waals surface area contributed by atoms with Crippen molar-refractivity contribution in [3.05, 3.63) is 47.3 Å². The third-order valence-corrected chi connectivity index (χ3v) is 3.70. The molecule has 3 nitrogen and oxygen atoms in total. The number of ether oxygens (including phenoxy) is 1. The van der Waals surface area contributed by atoms with Crippen LogP contribution < -0.4 is 9.64 Å². The maximum atomic E-state index is 14.3. The molecule has 1 aliphatic heterocycles. The molecule has 0 atom stereocenters. The van der Waals surface area contributed by atoms with E-state index in [9.17, 15) is 35.5 Å². The Balaban J connectivity index is 2.30. The molecular formula is C17H6F7NO2. The maximum absolute atomic E-state index is 14.3. The third-order valence-electron chi connectivity index (χ3n) is 3.70. The minimum absolute atomic E-state index is 0.0810. The van der Waals surface area contributed by atoms with E-state index in [2.05, 4.69) is 4.74 Å². The molecule has 0 saturated carbocycles. The summed E-state index contributed by atoms with van der Waals surface area (Å²) in [7, 11) is 0. The molecule has 0 spiro atoms. The van der Waals surface area contributed by atoms with Crippen LogP contribution in [0, 0.1) is 41.4 Å². The van der Waals surface area contributed by atoms with Gasteiger partial charge in [-0.15, -0.1) is 6.42 Å². The smallest absolute Gasteiger partial charge is 0.423 e. The van der Waals surface area contributed by atoms with E-state index >= 15 is 0 Å². The molecule has 0 fully saturated rings. The van der Waals surface area contributed by atoms with Crippen molar-refractivity contribution in [2.24, 2.45) is 0 Å². The molecule has 1 amide bonds. The summed E-state index contributed by atoms with van der Waals surface area (Å²) in [5.74, 6) is -9.80. The lowest BCUT2D eigenvalue weighted by atomic mass is 10.0. The van der Waals surface area contributed by atoms with E-state index < -0.39 is 70.2 Å². The van der Waals surface area contributed by atoms with Crippen LogP contribution in [0.3, 0.4) is 0 Å². The number of halogens is 7. The molecule has 140 valence electrons. The Hall–Kier alpha value is -3.22. The van der Waals surface area contributed by atoms with Crippen LogP contribution in [0.2, 0.25) is 0 Å². The summed E-state index contributed by atoms with van der Waals surface area (Å²) in [5, 5.41) is 0. The number of carbonyl (C=O) groups is 1. The van der Waals surface area contributed by atoms with Gasteiger partial charge in [-0.3, -0.25) is 9.69 Å². The first-order chi connectivity index (χ1) is 12.6. The minimum Gasteiger partial charge on any atom is -0.423 e. The van der Waals surface area contributed by atoms with Crippen molar-refractivity contribution in [1.29, 1.82) is 0 Å². The fourth-order valence-electron chi connectivity index (χ4n) is 2.53. The average Bonchev–Trinajstić information content (AvgIpc) is 2.58. The molecule has 1 heterocycles. The van der Waals surface area contributed by atoms with E-state index in [0.717, 1.165) is 0 Å². The monoisotopic (exact) mass is 389 g/mol. The number of amides is 1. The molecule has 0 N–H and O–H groups in total.